The summed E-state index contributed by atoms with van der Waals surface area (Å²) in [5, 5.41) is 12.2. The van der Waals surface area contributed by atoms with Crippen molar-refractivity contribution in [3.8, 4) is 5.75 Å². The van der Waals surface area contributed by atoms with Crippen molar-refractivity contribution in [1.29, 1.82) is 0 Å². The van der Waals surface area contributed by atoms with E-state index in [0.29, 0.717) is 0 Å². The largest absolute Gasteiger partial charge is 0.507 e. The summed E-state index contributed by atoms with van der Waals surface area (Å²) in [6.45, 7) is 4.02. The van der Waals surface area contributed by atoms with Gasteiger partial charge in [0, 0.05) is 27.7 Å². The molecule has 1 amide bonds. The van der Waals surface area contributed by atoms with Crippen molar-refractivity contribution < 1.29 is 52.8 Å². The lowest BCUT2D eigenvalue weighted by molar-refractivity contribution is -0.254. The predicted molar refractivity (Wildman–Crippen MR) is 126 cm³/mol. The molecule has 0 saturated carbocycles. The van der Waals surface area contributed by atoms with Gasteiger partial charge in [-0.05, 0) is 24.4 Å². The number of hydrogen-bond acceptors (Lipinski definition) is 12. The highest BCUT2D eigenvalue weighted by Gasteiger charge is 2.52. The van der Waals surface area contributed by atoms with Gasteiger partial charge < -0.3 is 34.1 Å². The zero-order valence-electron chi connectivity index (χ0n) is 20.3. The topological polar surface area (TPSA) is 188 Å². The summed E-state index contributed by atoms with van der Waals surface area (Å²) in [5.74, 6) is -3.99. The SMILES string of the molecule is CC(=O)OCC1OC(NC(=S)NNC(=O)c2ccccc2O)C(OC(C)=O)C(OC(C)=O)C1OC(C)=O. The van der Waals surface area contributed by atoms with E-state index in [1.54, 1.807) is 6.07 Å². The molecule has 2 rings (SSSR count). The average Bonchev–Trinajstić information content (AvgIpc) is 2.79. The number of para-hydroxylation sites is 1. The molecule has 1 saturated heterocycles. The molecule has 1 heterocycles. The fraction of sp³-hybridized carbons (Fsp3) is 0.455. The van der Waals surface area contributed by atoms with E-state index in [0.717, 1.165) is 27.7 Å². The van der Waals surface area contributed by atoms with Gasteiger partial charge in [0.2, 0.25) is 0 Å². The third kappa shape index (κ3) is 8.88. The van der Waals surface area contributed by atoms with Gasteiger partial charge in [-0.3, -0.25) is 34.8 Å². The maximum Gasteiger partial charge on any atom is 0.303 e. The molecule has 37 heavy (non-hydrogen) atoms. The number of carbonyl (C=O) groups excluding carboxylic acids is 5. The average molecular weight is 542 g/mol. The maximum absolute atomic E-state index is 12.3. The first-order chi connectivity index (χ1) is 17.4. The van der Waals surface area contributed by atoms with Crippen LogP contribution in [0.15, 0.2) is 24.3 Å². The lowest BCUT2D eigenvalue weighted by atomic mass is 9.97. The number of esters is 4. The van der Waals surface area contributed by atoms with E-state index in [9.17, 15) is 29.1 Å². The van der Waals surface area contributed by atoms with Crippen LogP contribution in [0.4, 0.5) is 0 Å². The van der Waals surface area contributed by atoms with Crippen LogP contribution < -0.4 is 16.2 Å². The van der Waals surface area contributed by atoms with E-state index < -0.39 is 67.0 Å². The minimum Gasteiger partial charge on any atom is -0.507 e. The van der Waals surface area contributed by atoms with Crippen LogP contribution in [0.2, 0.25) is 0 Å². The van der Waals surface area contributed by atoms with E-state index in [2.05, 4.69) is 16.2 Å². The summed E-state index contributed by atoms with van der Waals surface area (Å²) in [6, 6.07) is 5.78. The van der Waals surface area contributed by atoms with Crippen molar-refractivity contribution in [2.75, 3.05) is 6.61 Å². The van der Waals surface area contributed by atoms with Crippen molar-refractivity contribution in [3.63, 3.8) is 0 Å². The minimum absolute atomic E-state index is 0.0369. The van der Waals surface area contributed by atoms with E-state index in [1.807, 2.05) is 0 Å². The van der Waals surface area contributed by atoms with Crippen molar-refractivity contribution in [2.24, 2.45) is 0 Å². The molecule has 15 heteroatoms. The van der Waals surface area contributed by atoms with E-state index in [1.165, 1.54) is 18.2 Å². The Bertz CT molecular complexity index is 1050. The number of phenols is 1. The van der Waals surface area contributed by atoms with Gasteiger partial charge in [0.05, 0.1) is 5.56 Å². The first kappa shape index (κ1) is 29.3. The van der Waals surface area contributed by atoms with Crippen LogP contribution in [0, 0.1) is 0 Å². The molecular weight excluding hydrogens is 514 g/mol. The van der Waals surface area contributed by atoms with Crippen LogP contribution >= 0.6 is 12.2 Å². The summed E-state index contributed by atoms with van der Waals surface area (Å²) < 4.78 is 26.7. The zero-order chi connectivity index (χ0) is 27.7. The molecule has 1 fully saturated rings. The molecule has 0 bridgehead atoms. The second-order valence-corrected chi connectivity index (χ2v) is 8.10. The molecule has 0 spiro atoms. The molecule has 0 aliphatic carbocycles. The van der Waals surface area contributed by atoms with Crippen LogP contribution in [0.25, 0.3) is 0 Å². The van der Waals surface area contributed by atoms with E-state index >= 15 is 0 Å². The molecule has 5 unspecified atom stereocenters. The van der Waals surface area contributed by atoms with Crippen molar-refractivity contribution in [1.82, 2.24) is 16.2 Å². The van der Waals surface area contributed by atoms with Gasteiger partial charge in [-0.2, -0.15) is 0 Å². The number of rotatable bonds is 7. The van der Waals surface area contributed by atoms with Crippen molar-refractivity contribution in [2.45, 2.75) is 58.3 Å². The number of ether oxygens (including phenoxy) is 5. The summed E-state index contributed by atoms with van der Waals surface area (Å²) in [4.78, 5) is 59.2. The molecule has 1 aromatic rings. The number of hydrogen-bond donors (Lipinski definition) is 4. The maximum atomic E-state index is 12.3. The van der Waals surface area contributed by atoms with Crippen LogP contribution in [0.1, 0.15) is 38.1 Å². The summed E-state index contributed by atoms with van der Waals surface area (Å²) >= 11 is 5.17. The molecule has 1 aromatic carbocycles. The van der Waals surface area contributed by atoms with Gasteiger partial charge in [0.15, 0.2) is 29.7 Å². The van der Waals surface area contributed by atoms with Crippen LogP contribution in [0.3, 0.4) is 0 Å². The van der Waals surface area contributed by atoms with Gasteiger partial charge in [0.25, 0.3) is 5.91 Å². The fourth-order valence-electron chi connectivity index (χ4n) is 3.36. The number of carbonyl (C=O) groups is 5. The zero-order valence-corrected chi connectivity index (χ0v) is 21.2. The van der Waals surface area contributed by atoms with Crippen molar-refractivity contribution >= 4 is 47.1 Å². The van der Waals surface area contributed by atoms with Gasteiger partial charge >= 0.3 is 23.9 Å². The highest BCUT2D eigenvalue weighted by atomic mass is 32.1. The molecule has 0 aromatic heterocycles. The number of aromatic hydroxyl groups is 1. The van der Waals surface area contributed by atoms with Gasteiger partial charge in [-0.25, -0.2) is 0 Å². The Kier molecular flexibility index (Phi) is 10.6. The number of nitrogens with one attached hydrogen (secondary N) is 3. The van der Waals surface area contributed by atoms with Crippen LogP contribution in [-0.2, 0) is 42.9 Å². The highest BCUT2D eigenvalue weighted by Crippen LogP contribution is 2.28. The first-order valence-electron chi connectivity index (χ1n) is 10.8. The summed E-state index contributed by atoms with van der Waals surface area (Å²) in [7, 11) is 0. The predicted octanol–water partition coefficient (Wildman–Crippen LogP) is -0.416. The molecule has 4 N–H and O–H groups in total. The standard InChI is InChI=1S/C22H27N3O11S/c1-10(26)32-9-16-17(33-11(2)27)18(34-12(3)28)19(35-13(4)29)21(36-16)23-22(37)25-24-20(31)14-7-5-6-8-15(14)30/h5-8,16-19,21,30H,9H2,1-4H3,(H,24,31)(H2,23,25,37). The molecule has 14 nitrogen and oxygen atoms in total. The van der Waals surface area contributed by atoms with E-state index in [4.69, 9.17) is 35.9 Å². The smallest absolute Gasteiger partial charge is 0.303 e. The van der Waals surface area contributed by atoms with Gasteiger partial charge in [-0.1, -0.05) is 12.1 Å². The lowest BCUT2D eigenvalue weighted by Crippen LogP contribution is -2.67. The lowest BCUT2D eigenvalue weighted by Gasteiger charge is -2.44. The Morgan fingerprint density at radius 3 is 2.00 bits per heavy atom. The minimum atomic E-state index is -1.40. The Morgan fingerprint density at radius 2 is 1.43 bits per heavy atom. The second-order valence-electron chi connectivity index (χ2n) is 7.69. The van der Waals surface area contributed by atoms with Gasteiger partial charge in [-0.15, -0.1) is 0 Å². The molecule has 1 aliphatic rings. The number of hydrazine groups is 1. The molecule has 0 radical (unpaired) electrons. The Labute approximate surface area is 216 Å². The van der Waals surface area contributed by atoms with Gasteiger partial charge in [0.1, 0.15) is 18.5 Å². The number of benzene rings is 1. The molecule has 5 atom stereocenters. The number of thiocarbonyl (C=S) groups is 1. The molecule has 1 aliphatic heterocycles. The normalized spacial score (nSPS) is 22.5. The molecule has 202 valence electrons. The summed E-state index contributed by atoms with van der Waals surface area (Å²) in [6.07, 6.45) is -6.63. The van der Waals surface area contributed by atoms with Crippen LogP contribution in [-0.4, -0.2) is 77.3 Å². The Morgan fingerprint density at radius 1 is 0.865 bits per heavy atom. The molecular formula is C22H27N3O11S. The second kappa shape index (κ2) is 13.4. The quantitative estimate of drug-likeness (QED) is 0.151. The monoisotopic (exact) mass is 541 g/mol. The third-order valence-corrected chi connectivity index (χ3v) is 4.92. The van der Waals surface area contributed by atoms with Crippen LogP contribution in [0.5, 0.6) is 5.75 Å². The van der Waals surface area contributed by atoms with Crippen molar-refractivity contribution in [3.05, 3.63) is 29.8 Å². The third-order valence-electron chi connectivity index (χ3n) is 4.70. The fourth-order valence-corrected chi connectivity index (χ4v) is 3.52. The number of amides is 1. The number of phenolic OH excluding ortho intramolecular Hbond substituents is 1. The Hall–Kier alpha value is -3.98. The highest BCUT2D eigenvalue weighted by molar-refractivity contribution is 7.80. The Balaban J connectivity index is 2.27. The summed E-state index contributed by atoms with van der Waals surface area (Å²) in [5.41, 5.74) is 4.64. The first-order valence-corrected chi connectivity index (χ1v) is 11.2. The van der Waals surface area contributed by atoms with E-state index in [-0.39, 0.29) is 16.4 Å².